The van der Waals surface area contributed by atoms with E-state index in [4.69, 9.17) is 42.2 Å². The van der Waals surface area contributed by atoms with E-state index in [1.807, 2.05) is 13.0 Å². The second-order valence-electron chi connectivity index (χ2n) is 14.5. The van der Waals surface area contributed by atoms with Crippen LogP contribution in [0.1, 0.15) is 25.4 Å². The third-order valence-electron chi connectivity index (χ3n) is 9.62. The summed E-state index contributed by atoms with van der Waals surface area (Å²) in [5.41, 5.74) is 0.511. The molecule has 4 heterocycles. The number of aryl methyl sites for hydroxylation is 1. The topological polar surface area (TPSA) is 390 Å². The highest BCUT2D eigenvalue weighted by Crippen LogP contribution is 2.61. The monoisotopic (exact) mass is 960 g/mol. The highest BCUT2D eigenvalue weighted by Gasteiger charge is 2.50. The largest absolute Gasteiger partial charge is 0.483 e. The van der Waals surface area contributed by atoms with E-state index in [2.05, 4.69) is 29.9 Å². The molecule has 362 valence electrons. The highest BCUT2D eigenvalue weighted by atomic mass is 31.3. The molecule has 2 saturated heterocycles. The normalized spacial score (nSPS) is 28.6. The van der Waals surface area contributed by atoms with Crippen molar-refractivity contribution in [3.8, 4) is 0 Å². The summed E-state index contributed by atoms with van der Waals surface area (Å²) in [4.78, 5) is 67.1. The first-order valence-electron chi connectivity index (χ1n) is 19.9. The highest BCUT2D eigenvalue weighted by molar-refractivity contribution is 7.61. The standard InChI is InChI=1S/C34H54N6O22P2/c1-18-13-20(18)15-57-34(48)35-4-6-54-8-10-56-12-11-55-9-7-53-5-3-23(41)36-14-21-25(42)27(44)29(46)33(60-21)61-64(51,52)62-63(49,50)58-16-22-26(43)28(45)32(59-22)40-17-37-24-30(40)38-19(2)39-31(24)47/h13,17,20-22,25-29,32-33,42-46H,3-12,14-16H2,1-2H3,(H,35,48)(H,36,41)(H,49,50)(H,51,52)(H,38,39,47)/t20?,21?,22-,25-,26+,27+,28?,29?,32-,33-/m1/s1. The molecule has 0 spiro atoms. The number of hydrogen-bond acceptors (Lipinski definition) is 22. The molecule has 0 radical (unpaired) electrons. The van der Waals surface area contributed by atoms with E-state index in [0.29, 0.717) is 39.6 Å². The van der Waals surface area contributed by atoms with E-state index in [1.54, 1.807) is 0 Å². The Bertz CT molecular complexity index is 2040. The first kappa shape index (κ1) is 51.6. The quantitative estimate of drug-likeness (QED) is 0.0242. The van der Waals surface area contributed by atoms with Crippen molar-refractivity contribution in [3.05, 3.63) is 34.2 Å². The summed E-state index contributed by atoms with van der Waals surface area (Å²) in [5, 5.41) is 57.2. The lowest BCUT2D eigenvalue weighted by atomic mass is 9.99. The maximum absolute atomic E-state index is 12.7. The Morgan fingerprint density at radius 3 is 2.09 bits per heavy atom. The first-order chi connectivity index (χ1) is 30.4. The summed E-state index contributed by atoms with van der Waals surface area (Å²) in [6, 6.07) is 0. The molecule has 30 heteroatoms. The molecule has 1 aliphatic carbocycles. The molecule has 6 unspecified atom stereocenters. The van der Waals surface area contributed by atoms with Gasteiger partial charge in [0.05, 0.1) is 65.8 Å². The summed E-state index contributed by atoms with van der Waals surface area (Å²) in [6.45, 7) is 4.42. The van der Waals surface area contributed by atoms with Gasteiger partial charge in [-0.05, 0) is 13.8 Å². The number of amides is 2. The van der Waals surface area contributed by atoms with Gasteiger partial charge in [0.25, 0.3) is 5.56 Å². The fourth-order valence-corrected chi connectivity index (χ4v) is 8.24. The number of alkyl carbamates (subject to hydrolysis) is 1. The summed E-state index contributed by atoms with van der Waals surface area (Å²) in [6.07, 6.45) is -13.8. The molecule has 12 atom stereocenters. The molecule has 0 bridgehead atoms. The number of aromatic nitrogens is 4. The number of fused-ring (bicyclic) bond motifs is 1. The predicted octanol–water partition coefficient (Wildman–Crippen LogP) is -3.02. The van der Waals surface area contributed by atoms with Crippen LogP contribution in [0.15, 0.2) is 22.8 Å². The fourth-order valence-electron chi connectivity index (χ4n) is 6.08. The number of phosphoric ester groups is 2. The number of aliphatic hydroxyl groups excluding tert-OH is 5. The van der Waals surface area contributed by atoms with Crippen molar-refractivity contribution in [2.75, 3.05) is 79.2 Å². The summed E-state index contributed by atoms with van der Waals surface area (Å²) in [5.74, 6) is -0.132. The number of aliphatic hydroxyl groups is 5. The van der Waals surface area contributed by atoms with Gasteiger partial charge < -0.3 is 84.1 Å². The summed E-state index contributed by atoms with van der Waals surface area (Å²) >= 11 is 0. The Morgan fingerprint density at radius 1 is 0.812 bits per heavy atom. The van der Waals surface area contributed by atoms with Gasteiger partial charge in [0.15, 0.2) is 23.7 Å². The average Bonchev–Trinajstić information content (AvgIpc) is 3.66. The van der Waals surface area contributed by atoms with E-state index in [-0.39, 0.29) is 55.8 Å². The minimum absolute atomic E-state index is 0.00885. The van der Waals surface area contributed by atoms with Crippen LogP contribution in [0.5, 0.6) is 0 Å². The van der Waals surface area contributed by atoms with Gasteiger partial charge >= 0.3 is 21.7 Å². The number of carbonyl (C=O) groups excluding carboxylic acids is 2. The molecular formula is C34H54N6O22P2. The van der Waals surface area contributed by atoms with Crippen molar-refractivity contribution < 1.29 is 101 Å². The van der Waals surface area contributed by atoms with Crippen LogP contribution in [0.3, 0.4) is 0 Å². The van der Waals surface area contributed by atoms with Gasteiger partial charge in [-0.2, -0.15) is 4.31 Å². The van der Waals surface area contributed by atoms with Crippen molar-refractivity contribution in [3.63, 3.8) is 0 Å². The number of phosphoric acid groups is 2. The van der Waals surface area contributed by atoms with Crippen LogP contribution in [-0.4, -0.2) is 195 Å². The molecule has 64 heavy (non-hydrogen) atoms. The molecule has 0 aromatic carbocycles. The zero-order chi connectivity index (χ0) is 46.6. The van der Waals surface area contributed by atoms with Crippen LogP contribution in [0.2, 0.25) is 0 Å². The van der Waals surface area contributed by atoms with E-state index in [0.717, 1.165) is 10.9 Å². The number of nitrogens with one attached hydrogen (secondary N) is 3. The minimum atomic E-state index is -5.72. The van der Waals surface area contributed by atoms with Gasteiger partial charge in [0.1, 0.15) is 55.2 Å². The SMILES string of the molecule is CC1=CC1COC(=O)NCCOCCOCCOCCOCCC(=O)NCC1O[C@H](OP(=O)(O)OP(=O)(O)OC[C@H]2O[C@@H](n3cnc4c(=O)[nH]c(C)nc43)C(O)[C@H]2O)C(O)[C@@H](O)[C@@H]1O. The number of aromatic amines is 1. The van der Waals surface area contributed by atoms with Crippen LogP contribution in [0, 0.1) is 12.8 Å². The maximum atomic E-state index is 12.7. The van der Waals surface area contributed by atoms with E-state index >= 15 is 0 Å². The van der Waals surface area contributed by atoms with Gasteiger partial charge in [0.2, 0.25) is 5.91 Å². The number of rotatable bonds is 27. The number of nitrogens with zero attached hydrogens (tertiary/aromatic N) is 3. The molecule has 2 aromatic rings. The molecule has 0 saturated carbocycles. The van der Waals surface area contributed by atoms with Crippen LogP contribution < -0.4 is 16.2 Å². The molecule has 2 fully saturated rings. The van der Waals surface area contributed by atoms with Crippen molar-refractivity contribution in [2.24, 2.45) is 5.92 Å². The summed E-state index contributed by atoms with van der Waals surface area (Å²) in [7, 11) is -11.3. The number of carbonyl (C=O) groups is 2. The van der Waals surface area contributed by atoms with E-state index in [9.17, 15) is 58.8 Å². The lowest BCUT2D eigenvalue weighted by Gasteiger charge is -2.40. The Labute approximate surface area is 363 Å². The Balaban J connectivity index is 0.922. The van der Waals surface area contributed by atoms with Crippen molar-refractivity contribution >= 4 is 38.8 Å². The molecule has 3 aliphatic rings. The molecule has 2 aromatic heterocycles. The van der Waals surface area contributed by atoms with E-state index in [1.165, 1.54) is 12.5 Å². The third kappa shape index (κ3) is 15.4. The van der Waals surface area contributed by atoms with Crippen molar-refractivity contribution in [2.45, 2.75) is 75.5 Å². The van der Waals surface area contributed by atoms with Gasteiger partial charge in [-0.15, -0.1) is 0 Å². The van der Waals surface area contributed by atoms with Crippen molar-refractivity contribution in [1.82, 2.24) is 30.2 Å². The van der Waals surface area contributed by atoms with Crippen LogP contribution in [0.25, 0.3) is 11.2 Å². The minimum Gasteiger partial charge on any atom is -0.449 e. The number of imidazole rings is 1. The van der Waals surface area contributed by atoms with Gasteiger partial charge in [-0.3, -0.25) is 23.2 Å². The predicted molar refractivity (Wildman–Crippen MR) is 211 cm³/mol. The summed E-state index contributed by atoms with van der Waals surface area (Å²) < 4.78 is 77.6. The van der Waals surface area contributed by atoms with E-state index < -0.39 is 102 Å². The molecule has 28 nitrogen and oxygen atoms in total. The Hall–Kier alpha value is -3.35. The fraction of sp³-hybridized carbons (Fsp3) is 0.735. The Morgan fingerprint density at radius 2 is 1.44 bits per heavy atom. The van der Waals surface area contributed by atoms with Crippen LogP contribution in [0.4, 0.5) is 4.79 Å². The van der Waals surface area contributed by atoms with Gasteiger partial charge in [-0.25, -0.2) is 23.9 Å². The smallest absolute Gasteiger partial charge is 0.449 e. The van der Waals surface area contributed by atoms with Crippen LogP contribution >= 0.6 is 15.6 Å². The zero-order valence-electron chi connectivity index (χ0n) is 34.6. The lowest BCUT2D eigenvalue weighted by Crippen LogP contribution is -2.60. The van der Waals surface area contributed by atoms with Gasteiger partial charge in [0, 0.05) is 25.4 Å². The zero-order valence-corrected chi connectivity index (χ0v) is 36.4. The second-order valence-corrected chi connectivity index (χ2v) is 17.5. The molecule has 5 rings (SSSR count). The number of H-pyrrole nitrogens is 1. The number of hydrogen-bond donors (Lipinski definition) is 10. The second kappa shape index (κ2) is 23.9. The van der Waals surface area contributed by atoms with Crippen molar-refractivity contribution in [1.29, 1.82) is 0 Å². The van der Waals surface area contributed by atoms with Crippen LogP contribution in [-0.2, 0) is 60.4 Å². The molecule has 10 N–H and O–H groups in total. The molecule has 2 amide bonds. The van der Waals surface area contributed by atoms with Gasteiger partial charge in [-0.1, -0.05) is 11.6 Å². The molecule has 2 aliphatic heterocycles. The number of ether oxygens (including phenoxy) is 7. The first-order valence-corrected chi connectivity index (χ1v) is 22.9. The average molecular weight is 961 g/mol. The third-order valence-corrected chi connectivity index (χ3v) is 12.2. The molecular weight excluding hydrogens is 906 g/mol. The lowest BCUT2D eigenvalue weighted by molar-refractivity contribution is -0.273. The maximum Gasteiger partial charge on any atom is 0.483 e. The Kier molecular flexibility index (Phi) is 19.3.